The zero-order valence-corrected chi connectivity index (χ0v) is 36.5. The number of carbonyl (C=O) groups is 2. The molecule has 10 nitrogen and oxygen atoms in total. The molecule has 5 aliphatic carbocycles. The monoisotopic (exact) mass is 806 g/mol. The number of aliphatic hydroxyl groups is 2. The van der Waals surface area contributed by atoms with Crippen molar-refractivity contribution in [3.63, 3.8) is 0 Å². The van der Waals surface area contributed by atoms with Gasteiger partial charge in [-0.2, -0.15) is 0 Å². The lowest BCUT2D eigenvalue weighted by Gasteiger charge is -2.72. The van der Waals surface area contributed by atoms with E-state index in [1.807, 2.05) is 28.8 Å². The Morgan fingerprint density at radius 1 is 0.965 bits per heavy atom. The Morgan fingerprint density at radius 2 is 1.65 bits per heavy atom. The van der Waals surface area contributed by atoms with Crippen molar-refractivity contribution in [2.75, 3.05) is 6.54 Å². The van der Waals surface area contributed by atoms with E-state index in [0.717, 1.165) is 62.5 Å². The molecule has 1 aromatic heterocycles. The second kappa shape index (κ2) is 14.4. The summed E-state index contributed by atoms with van der Waals surface area (Å²) < 4.78 is 8.16. The minimum absolute atomic E-state index is 0.00728. The molecule has 5 aliphatic rings. The van der Waals surface area contributed by atoms with Gasteiger partial charge in [-0.3, -0.25) is 9.59 Å². The number of carboxylic acid groups (broad SMARTS) is 1. The van der Waals surface area contributed by atoms with Gasteiger partial charge in [0, 0.05) is 34.5 Å². The molecule has 1 aromatic carbocycles. The molecule has 0 spiro atoms. The maximum atomic E-state index is 13.2. The molecule has 2 aromatic rings. The van der Waals surface area contributed by atoms with Crippen LogP contribution in [-0.2, 0) is 20.9 Å². The number of esters is 1. The van der Waals surface area contributed by atoms with Crippen LogP contribution in [0.5, 0.6) is 0 Å². The number of hydrogen-bond donors (Lipinski definition) is 4. The van der Waals surface area contributed by atoms with Crippen molar-refractivity contribution < 1.29 is 29.6 Å². The topological polar surface area (TPSA) is 161 Å². The Balaban J connectivity index is 1.22. The highest BCUT2D eigenvalue weighted by molar-refractivity contribution is 6.30. The van der Waals surface area contributed by atoms with Crippen LogP contribution in [0.1, 0.15) is 138 Å². The van der Waals surface area contributed by atoms with Crippen LogP contribution in [0.25, 0.3) is 11.4 Å². The van der Waals surface area contributed by atoms with Crippen molar-refractivity contribution in [2.45, 2.75) is 151 Å². The van der Waals surface area contributed by atoms with Crippen LogP contribution in [0.4, 0.5) is 0 Å². The van der Waals surface area contributed by atoms with Gasteiger partial charge in [0.05, 0.1) is 17.9 Å². The summed E-state index contributed by atoms with van der Waals surface area (Å²) in [5.74, 6) is 0.831. The number of nitrogens with two attached hydrogens (primary N) is 1. The summed E-state index contributed by atoms with van der Waals surface area (Å²) in [6, 6.07) is 7.49. The molecule has 11 heteroatoms. The number of hydrogen-bond acceptors (Lipinski definition) is 8. The fraction of sp³-hybridized carbons (Fsp3) is 0.739. The maximum Gasteiger partial charge on any atom is 0.309 e. The Morgan fingerprint density at radius 3 is 2.28 bits per heavy atom. The minimum atomic E-state index is -1.18. The molecule has 0 radical (unpaired) electrons. The summed E-state index contributed by atoms with van der Waals surface area (Å²) in [6.45, 7) is 20.5. The third-order valence-corrected chi connectivity index (χ3v) is 17.3. The van der Waals surface area contributed by atoms with E-state index in [9.17, 15) is 24.9 Å². The van der Waals surface area contributed by atoms with Crippen molar-refractivity contribution in [2.24, 2.45) is 61.9 Å². The average molecular weight is 808 g/mol. The molecule has 5 N–H and O–H groups in total. The summed E-state index contributed by atoms with van der Waals surface area (Å²) in [7, 11) is 0. The summed E-state index contributed by atoms with van der Waals surface area (Å²) in [5.41, 5.74) is 7.24. The van der Waals surface area contributed by atoms with Crippen LogP contribution in [0.3, 0.4) is 0 Å². The molecule has 7 rings (SSSR count). The Hall–Kier alpha value is -2.79. The zero-order chi connectivity index (χ0) is 41.7. The van der Waals surface area contributed by atoms with Gasteiger partial charge >= 0.3 is 11.9 Å². The van der Waals surface area contributed by atoms with Crippen LogP contribution in [0.2, 0.25) is 5.02 Å². The molecule has 0 bridgehead atoms. The lowest BCUT2D eigenvalue weighted by atomic mass is 9.33. The van der Waals surface area contributed by atoms with Crippen LogP contribution in [0.15, 0.2) is 35.4 Å². The van der Waals surface area contributed by atoms with Crippen LogP contribution in [0, 0.1) is 56.2 Å². The van der Waals surface area contributed by atoms with Gasteiger partial charge in [-0.1, -0.05) is 65.6 Å². The van der Waals surface area contributed by atoms with E-state index >= 15 is 0 Å². The molecule has 0 amide bonds. The number of rotatable bonds is 10. The van der Waals surface area contributed by atoms with Crippen molar-refractivity contribution in [1.82, 2.24) is 14.8 Å². The Bertz CT molecular complexity index is 1920. The third-order valence-electron chi connectivity index (χ3n) is 17.1. The highest BCUT2D eigenvalue weighted by Gasteiger charge is 2.71. The van der Waals surface area contributed by atoms with Gasteiger partial charge in [0.25, 0.3) is 0 Å². The van der Waals surface area contributed by atoms with Gasteiger partial charge in [0.2, 0.25) is 0 Å². The minimum Gasteiger partial charge on any atom is -0.481 e. The largest absolute Gasteiger partial charge is 0.481 e. The summed E-state index contributed by atoms with van der Waals surface area (Å²) in [6.07, 6.45) is 5.95. The first-order valence-corrected chi connectivity index (χ1v) is 21.9. The first kappa shape index (κ1) is 42.3. The first-order valence-electron chi connectivity index (χ1n) is 21.5. The lowest BCUT2D eigenvalue weighted by Crippen LogP contribution is -2.66. The molecule has 4 saturated carbocycles. The molecule has 314 valence electrons. The molecule has 4 fully saturated rings. The quantitative estimate of drug-likeness (QED) is 0.136. The first-order chi connectivity index (χ1) is 26.6. The molecule has 1 heterocycles. The van der Waals surface area contributed by atoms with E-state index in [1.54, 1.807) is 13.8 Å². The summed E-state index contributed by atoms with van der Waals surface area (Å²) in [5, 5.41) is 44.5. The molecule has 10 atom stereocenters. The fourth-order valence-electron chi connectivity index (χ4n) is 14.0. The average Bonchev–Trinajstić information content (AvgIpc) is 3.68. The van der Waals surface area contributed by atoms with Gasteiger partial charge in [-0.05, 0) is 141 Å². The third kappa shape index (κ3) is 6.35. The summed E-state index contributed by atoms with van der Waals surface area (Å²) >= 11 is 6.23. The highest BCUT2D eigenvalue weighted by Crippen LogP contribution is 2.78. The van der Waals surface area contributed by atoms with Gasteiger partial charge in [-0.25, -0.2) is 0 Å². The zero-order valence-electron chi connectivity index (χ0n) is 35.7. The van der Waals surface area contributed by atoms with Crippen molar-refractivity contribution in [3.05, 3.63) is 46.3 Å². The molecule has 57 heavy (non-hydrogen) atoms. The lowest BCUT2D eigenvalue weighted by molar-refractivity contribution is -0.235. The van der Waals surface area contributed by atoms with Crippen molar-refractivity contribution >= 4 is 23.5 Å². The van der Waals surface area contributed by atoms with Gasteiger partial charge in [0.15, 0.2) is 11.6 Å². The number of aromatic nitrogens is 3. The number of nitrogens with zero attached hydrogens (tertiary/aromatic N) is 3. The number of carbonyl (C=O) groups excluding carboxylic acids is 1. The van der Waals surface area contributed by atoms with E-state index in [4.69, 9.17) is 22.1 Å². The van der Waals surface area contributed by atoms with Gasteiger partial charge in [-0.15, -0.1) is 10.2 Å². The maximum absolute atomic E-state index is 13.2. The number of fused-ring (bicyclic) bond motifs is 7. The van der Waals surface area contributed by atoms with E-state index < -0.39 is 35.0 Å². The molecular formula is C46H67ClN4O6. The number of halogens is 1. The van der Waals surface area contributed by atoms with Gasteiger partial charge in [0.1, 0.15) is 12.2 Å². The predicted octanol–water partition coefficient (Wildman–Crippen LogP) is 8.78. The second-order valence-corrected chi connectivity index (χ2v) is 21.4. The number of benzene rings is 1. The fourth-order valence-corrected chi connectivity index (χ4v) is 14.1. The standard InChI is InChI=1S/C46H67ClN4O6/c1-26(2)35-30(52)24-46(37(54)39-50-49-38(51(39)23-22-48)27-10-12-28(47)13-11-27)21-20-44(8)29(36(35)46)14-15-32-43(7)18-17-33(57-34(53)25-41(3,4)40(55)56)42(5,6)31(43)16-19-45(32,44)9/h10-13,26,29-33,37,52,54H,14-25,48H2,1-9H3,(H,55,56)/t29-,30+,31+,32-,33+,37-,43+,44-,45-,46-/m1/s1. The molecule has 0 unspecified atom stereocenters. The molecule has 0 aliphatic heterocycles. The number of aliphatic carboxylic acids is 1. The van der Waals surface area contributed by atoms with Crippen molar-refractivity contribution in [3.8, 4) is 11.4 Å². The SMILES string of the molecule is CC(C)C1=C2[C@H]3CC[C@@H]4[C@@]5(C)CC[C@H](OC(=O)CC(C)(C)C(=O)O)C(C)(C)[C@@H]5CC[C@@]4(C)[C@]3(C)CC[C@@]2([C@H](O)c2nnc(-c3ccc(Cl)cc3)n2CCN)C[C@@H]1O. The summed E-state index contributed by atoms with van der Waals surface area (Å²) in [4.78, 5) is 25.0. The Labute approximate surface area is 344 Å². The molecular weight excluding hydrogens is 740 g/mol. The highest BCUT2D eigenvalue weighted by atomic mass is 35.5. The van der Waals surface area contributed by atoms with E-state index in [1.165, 1.54) is 5.57 Å². The van der Waals surface area contributed by atoms with E-state index in [-0.39, 0.29) is 46.0 Å². The van der Waals surface area contributed by atoms with Crippen LogP contribution in [-0.4, -0.2) is 60.8 Å². The second-order valence-electron chi connectivity index (χ2n) is 21.0. The number of ether oxygens (including phenoxy) is 1. The van der Waals surface area contributed by atoms with E-state index in [2.05, 4.69) is 58.7 Å². The predicted molar refractivity (Wildman–Crippen MR) is 221 cm³/mol. The number of aliphatic hydroxyl groups excluding tert-OH is 2. The van der Waals surface area contributed by atoms with Crippen LogP contribution >= 0.6 is 11.6 Å². The van der Waals surface area contributed by atoms with Gasteiger partial charge < -0.3 is 30.4 Å². The van der Waals surface area contributed by atoms with Crippen LogP contribution < -0.4 is 5.73 Å². The van der Waals surface area contributed by atoms with Crippen molar-refractivity contribution in [1.29, 1.82) is 0 Å². The number of carboxylic acids is 1. The molecule has 0 saturated heterocycles. The Kier molecular flexibility index (Phi) is 10.7. The smallest absolute Gasteiger partial charge is 0.309 e. The normalized spacial score (nSPS) is 36.6. The van der Waals surface area contributed by atoms with E-state index in [0.29, 0.717) is 48.0 Å².